The number of hydrogen-bond acceptors (Lipinski definition) is 1. The Bertz CT molecular complexity index is 626. The smallest absolute Gasteiger partial charge is 0.194 e. The lowest BCUT2D eigenvalue weighted by Gasteiger charge is -2.06. The zero-order chi connectivity index (χ0) is 13.3. The maximum absolute atomic E-state index is 12.3. The zero-order valence-corrected chi connectivity index (χ0v) is 13.3. The van der Waals surface area contributed by atoms with Gasteiger partial charge in [-0.05, 0) is 52.9 Å². The van der Waals surface area contributed by atoms with Gasteiger partial charge in [0, 0.05) is 14.7 Å². The first-order valence-corrected chi connectivity index (χ1v) is 7.15. The van der Waals surface area contributed by atoms with Gasteiger partial charge in [0.25, 0.3) is 0 Å². The van der Waals surface area contributed by atoms with Crippen molar-refractivity contribution in [1.82, 2.24) is 0 Å². The average Bonchev–Trinajstić information content (AvgIpc) is 2.35. The molecule has 2 rings (SSSR count). The van der Waals surface area contributed by atoms with Gasteiger partial charge < -0.3 is 0 Å². The molecular formula is C13H6Cl3IO. The maximum Gasteiger partial charge on any atom is 0.194 e. The number of hydrogen-bond donors (Lipinski definition) is 0. The summed E-state index contributed by atoms with van der Waals surface area (Å²) in [6.45, 7) is 0. The monoisotopic (exact) mass is 410 g/mol. The van der Waals surface area contributed by atoms with Crippen LogP contribution in [0.5, 0.6) is 0 Å². The number of rotatable bonds is 2. The van der Waals surface area contributed by atoms with Crippen molar-refractivity contribution >= 4 is 63.2 Å². The average molecular weight is 411 g/mol. The van der Waals surface area contributed by atoms with E-state index in [1.54, 1.807) is 36.4 Å². The Kier molecular flexibility index (Phi) is 4.54. The van der Waals surface area contributed by atoms with E-state index in [4.69, 9.17) is 34.8 Å². The van der Waals surface area contributed by atoms with Gasteiger partial charge in [-0.15, -0.1) is 0 Å². The molecule has 0 aromatic heterocycles. The molecule has 2 aromatic carbocycles. The Labute approximate surface area is 133 Å². The van der Waals surface area contributed by atoms with Crippen molar-refractivity contribution in [2.24, 2.45) is 0 Å². The van der Waals surface area contributed by atoms with Crippen LogP contribution >= 0.6 is 57.4 Å². The van der Waals surface area contributed by atoms with Gasteiger partial charge in [0.1, 0.15) is 0 Å². The SMILES string of the molecule is O=C(c1ccc(I)c(Cl)c1)c1cccc(Cl)c1Cl. The molecule has 18 heavy (non-hydrogen) atoms. The minimum absolute atomic E-state index is 0.194. The van der Waals surface area contributed by atoms with E-state index in [1.165, 1.54) is 0 Å². The van der Waals surface area contributed by atoms with E-state index in [-0.39, 0.29) is 10.8 Å². The molecule has 0 saturated carbocycles. The Morgan fingerprint density at radius 1 is 1.00 bits per heavy atom. The van der Waals surface area contributed by atoms with Gasteiger partial charge in [-0.1, -0.05) is 40.9 Å². The summed E-state index contributed by atoms with van der Waals surface area (Å²) in [6, 6.07) is 10.1. The normalized spacial score (nSPS) is 10.4. The molecule has 0 saturated heterocycles. The van der Waals surface area contributed by atoms with Crippen molar-refractivity contribution in [2.75, 3.05) is 0 Å². The molecule has 0 heterocycles. The van der Waals surface area contributed by atoms with Crippen LogP contribution in [0.4, 0.5) is 0 Å². The summed E-state index contributed by atoms with van der Waals surface area (Å²) in [5, 5.41) is 1.16. The quantitative estimate of drug-likeness (QED) is 0.472. The van der Waals surface area contributed by atoms with Gasteiger partial charge in [-0.3, -0.25) is 4.79 Å². The van der Waals surface area contributed by atoms with Crippen molar-refractivity contribution in [3.05, 3.63) is 66.2 Å². The minimum atomic E-state index is -0.194. The van der Waals surface area contributed by atoms with Gasteiger partial charge in [0.15, 0.2) is 5.78 Å². The molecule has 0 aliphatic carbocycles. The topological polar surface area (TPSA) is 17.1 Å². The van der Waals surface area contributed by atoms with Crippen LogP contribution in [-0.2, 0) is 0 Å². The summed E-state index contributed by atoms with van der Waals surface area (Å²) >= 11 is 20.0. The van der Waals surface area contributed by atoms with Gasteiger partial charge in [-0.25, -0.2) is 0 Å². The first-order chi connectivity index (χ1) is 8.50. The lowest BCUT2D eigenvalue weighted by molar-refractivity contribution is 0.103. The fraction of sp³-hybridized carbons (Fsp3) is 0. The van der Waals surface area contributed by atoms with E-state index in [0.717, 1.165) is 3.57 Å². The fourth-order valence-corrected chi connectivity index (χ4v) is 2.37. The molecule has 0 N–H and O–H groups in total. The lowest BCUT2D eigenvalue weighted by Crippen LogP contribution is -2.02. The van der Waals surface area contributed by atoms with Crippen molar-refractivity contribution in [2.45, 2.75) is 0 Å². The molecule has 5 heteroatoms. The van der Waals surface area contributed by atoms with Gasteiger partial charge in [0.2, 0.25) is 0 Å². The number of carbonyl (C=O) groups is 1. The predicted molar refractivity (Wildman–Crippen MR) is 84.1 cm³/mol. The third-order valence-electron chi connectivity index (χ3n) is 2.38. The van der Waals surface area contributed by atoms with Gasteiger partial charge in [-0.2, -0.15) is 0 Å². The highest BCUT2D eigenvalue weighted by atomic mass is 127. The van der Waals surface area contributed by atoms with E-state index in [2.05, 4.69) is 22.6 Å². The molecule has 1 nitrogen and oxygen atoms in total. The molecule has 0 radical (unpaired) electrons. The Morgan fingerprint density at radius 3 is 2.39 bits per heavy atom. The summed E-state index contributed by atoms with van der Waals surface area (Å²) < 4.78 is 0.892. The first kappa shape index (κ1) is 14.1. The highest BCUT2D eigenvalue weighted by molar-refractivity contribution is 14.1. The molecule has 0 aliphatic rings. The van der Waals surface area contributed by atoms with E-state index in [1.807, 2.05) is 0 Å². The van der Waals surface area contributed by atoms with Crippen molar-refractivity contribution in [1.29, 1.82) is 0 Å². The van der Waals surface area contributed by atoms with Crippen molar-refractivity contribution in [3.8, 4) is 0 Å². The summed E-state index contributed by atoms with van der Waals surface area (Å²) in [5.41, 5.74) is 0.867. The van der Waals surface area contributed by atoms with Gasteiger partial charge >= 0.3 is 0 Å². The number of halogens is 4. The summed E-state index contributed by atoms with van der Waals surface area (Å²) in [6.07, 6.45) is 0. The Hall–Kier alpha value is -0.290. The molecule has 0 spiro atoms. The lowest BCUT2D eigenvalue weighted by atomic mass is 10.0. The number of carbonyl (C=O) groups excluding carboxylic acids is 1. The molecule has 92 valence electrons. The second-order valence-corrected chi connectivity index (χ2v) is 5.91. The fourth-order valence-electron chi connectivity index (χ4n) is 1.47. The molecule has 0 unspecified atom stereocenters. The zero-order valence-electron chi connectivity index (χ0n) is 8.88. The molecule has 0 bridgehead atoms. The highest BCUT2D eigenvalue weighted by Crippen LogP contribution is 2.28. The van der Waals surface area contributed by atoms with Crippen LogP contribution in [0.3, 0.4) is 0 Å². The van der Waals surface area contributed by atoms with Crippen molar-refractivity contribution in [3.63, 3.8) is 0 Å². The molecule has 0 aliphatic heterocycles. The van der Waals surface area contributed by atoms with Crippen molar-refractivity contribution < 1.29 is 4.79 Å². The number of ketones is 1. The minimum Gasteiger partial charge on any atom is -0.289 e. The third-order valence-corrected chi connectivity index (χ3v) is 4.77. The van der Waals surface area contributed by atoms with E-state index < -0.39 is 0 Å². The van der Waals surface area contributed by atoms with Crippen LogP contribution in [-0.4, -0.2) is 5.78 Å². The first-order valence-electron chi connectivity index (χ1n) is 4.94. The Morgan fingerprint density at radius 2 is 1.72 bits per heavy atom. The van der Waals surface area contributed by atoms with Gasteiger partial charge in [0.05, 0.1) is 15.1 Å². The summed E-state index contributed by atoms with van der Waals surface area (Å²) in [4.78, 5) is 12.3. The largest absolute Gasteiger partial charge is 0.289 e. The van der Waals surface area contributed by atoms with Crippen LogP contribution in [0.25, 0.3) is 0 Å². The highest BCUT2D eigenvalue weighted by Gasteiger charge is 2.15. The van der Waals surface area contributed by atoms with Crippen LogP contribution in [0.15, 0.2) is 36.4 Å². The Balaban J connectivity index is 2.48. The summed E-state index contributed by atoms with van der Waals surface area (Å²) in [5.74, 6) is -0.194. The van der Waals surface area contributed by atoms with Crippen LogP contribution in [0.2, 0.25) is 15.1 Å². The second kappa shape index (κ2) is 5.78. The molecule has 0 amide bonds. The molecular weight excluding hydrogens is 405 g/mol. The maximum atomic E-state index is 12.3. The third kappa shape index (κ3) is 2.82. The standard InChI is InChI=1S/C13H6Cl3IO/c14-9-3-1-2-8(12(9)16)13(18)7-4-5-11(17)10(15)6-7/h1-6H. The van der Waals surface area contributed by atoms with Crippen LogP contribution < -0.4 is 0 Å². The number of benzene rings is 2. The molecule has 0 atom stereocenters. The van der Waals surface area contributed by atoms with E-state index >= 15 is 0 Å². The van der Waals surface area contributed by atoms with Crippen LogP contribution in [0.1, 0.15) is 15.9 Å². The van der Waals surface area contributed by atoms with E-state index in [9.17, 15) is 4.79 Å². The molecule has 0 fully saturated rings. The second-order valence-electron chi connectivity index (χ2n) is 3.56. The predicted octanol–water partition coefficient (Wildman–Crippen LogP) is 5.48. The summed E-state index contributed by atoms with van der Waals surface area (Å²) in [7, 11) is 0. The van der Waals surface area contributed by atoms with Crippen LogP contribution in [0, 0.1) is 3.57 Å². The molecule has 2 aromatic rings. The van der Waals surface area contributed by atoms with E-state index in [0.29, 0.717) is 21.2 Å².